The van der Waals surface area contributed by atoms with Crippen molar-refractivity contribution in [2.75, 3.05) is 0 Å². The van der Waals surface area contributed by atoms with Crippen LogP contribution < -0.4 is 0 Å². The second-order valence-electron chi connectivity index (χ2n) is 8.55. The summed E-state index contributed by atoms with van der Waals surface area (Å²) in [6.07, 6.45) is 33.8. The maximum atomic E-state index is 4.03. The van der Waals surface area contributed by atoms with E-state index in [1.807, 2.05) is 37.4 Å². The molecule has 2 aromatic heterocycles. The number of aryl methyl sites for hydroxylation is 2. The van der Waals surface area contributed by atoms with E-state index in [4.69, 9.17) is 0 Å². The molecule has 0 N–H and O–H groups in total. The topological polar surface area (TPSA) is 35.6 Å². The zero-order valence-electron chi connectivity index (χ0n) is 20.0. The highest BCUT2D eigenvalue weighted by Gasteiger charge is 1.93. The molecule has 0 saturated carbocycles. The maximum Gasteiger partial charge on any atom is 0.0945 e. The standard InChI is InChI=1S/2C13H24N2/c2*1-2-3-4-5-6-7-8-9-11-15-12-10-14-13-15/h2*10,12-13H,2-9,11H2,1H3. The summed E-state index contributed by atoms with van der Waals surface area (Å²) in [6.45, 7) is 6.81. The predicted molar refractivity (Wildman–Crippen MR) is 130 cm³/mol. The van der Waals surface area contributed by atoms with Gasteiger partial charge in [0.25, 0.3) is 0 Å². The lowest BCUT2D eigenvalue weighted by molar-refractivity contribution is 0.543. The van der Waals surface area contributed by atoms with Crippen molar-refractivity contribution in [3.8, 4) is 0 Å². The lowest BCUT2D eigenvalue weighted by atomic mass is 10.1. The first-order chi connectivity index (χ1) is 14.9. The first kappa shape index (κ1) is 26.5. The van der Waals surface area contributed by atoms with Crippen LogP contribution in [0.25, 0.3) is 0 Å². The van der Waals surface area contributed by atoms with E-state index < -0.39 is 0 Å². The van der Waals surface area contributed by atoms with E-state index in [2.05, 4.69) is 32.9 Å². The van der Waals surface area contributed by atoms with Gasteiger partial charge in [0.1, 0.15) is 0 Å². The van der Waals surface area contributed by atoms with Crippen LogP contribution in [-0.4, -0.2) is 19.1 Å². The Balaban J connectivity index is 0.000000300. The van der Waals surface area contributed by atoms with Gasteiger partial charge in [-0.1, -0.05) is 104 Å². The third-order valence-corrected chi connectivity index (χ3v) is 5.66. The summed E-state index contributed by atoms with van der Waals surface area (Å²) in [7, 11) is 0. The summed E-state index contributed by atoms with van der Waals surface area (Å²) in [6, 6.07) is 0. The molecule has 2 aromatic rings. The van der Waals surface area contributed by atoms with Crippen LogP contribution >= 0.6 is 0 Å². The molecule has 0 aliphatic carbocycles. The van der Waals surface area contributed by atoms with Gasteiger partial charge in [-0.25, -0.2) is 9.97 Å². The number of unbranched alkanes of at least 4 members (excludes halogenated alkanes) is 14. The van der Waals surface area contributed by atoms with Crippen molar-refractivity contribution in [2.24, 2.45) is 0 Å². The molecular weight excluding hydrogens is 368 g/mol. The summed E-state index contributed by atoms with van der Waals surface area (Å²) in [5.41, 5.74) is 0. The molecule has 0 fully saturated rings. The Hall–Kier alpha value is -1.58. The first-order valence-electron chi connectivity index (χ1n) is 12.8. The van der Waals surface area contributed by atoms with Gasteiger partial charge in [-0.2, -0.15) is 0 Å². The van der Waals surface area contributed by atoms with Crippen molar-refractivity contribution >= 4 is 0 Å². The van der Waals surface area contributed by atoms with E-state index in [0.29, 0.717) is 0 Å². The number of aromatic nitrogens is 4. The average Bonchev–Trinajstić information content (AvgIpc) is 3.47. The Morgan fingerprint density at radius 3 is 1.10 bits per heavy atom. The molecule has 172 valence electrons. The number of nitrogens with zero attached hydrogens (tertiary/aromatic N) is 4. The second-order valence-corrected chi connectivity index (χ2v) is 8.55. The quantitative estimate of drug-likeness (QED) is 0.230. The lowest BCUT2D eigenvalue weighted by Crippen LogP contribution is -1.93. The van der Waals surface area contributed by atoms with Crippen LogP contribution in [0.5, 0.6) is 0 Å². The SMILES string of the molecule is CCCCCCCCCCn1ccnc1.CCCCCCCCCCn1ccnc1. The highest BCUT2D eigenvalue weighted by atomic mass is 15.0. The number of rotatable bonds is 18. The van der Waals surface area contributed by atoms with E-state index in [1.165, 1.54) is 103 Å². The second kappa shape index (κ2) is 20.7. The van der Waals surface area contributed by atoms with Gasteiger partial charge in [0.05, 0.1) is 12.7 Å². The molecule has 0 unspecified atom stereocenters. The van der Waals surface area contributed by atoms with Gasteiger partial charge < -0.3 is 9.13 Å². The molecule has 2 heterocycles. The van der Waals surface area contributed by atoms with Crippen molar-refractivity contribution in [1.29, 1.82) is 0 Å². The van der Waals surface area contributed by atoms with E-state index in [9.17, 15) is 0 Å². The zero-order valence-corrected chi connectivity index (χ0v) is 20.0. The van der Waals surface area contributed by atoms with E-state index >= 15 is 0 Å². The molecule has 4 heteroatoms. The fourth-order valence-corrected chi connectivity index (χ4v) is 3.69. The highest BCUT2D eigenvalue weighted by molar-refractivity contribution is 4.74. The lowest BCUT2D eigenvalue weighted by Gasteiger charge is -2.02. The van der Waals surface area contributed by atoms with E-state index in [0.717, 1.165) is 13.1 Å². The normalized spacial score (nSPS) is 10.7. The van der Waals surface area contributed by atoms with Crippen LogP contribution in [-0.2, 0) is 13.1 Å². The van der Waals surface area contributed by atoms with Gasteiger partial charge in [-0.15, -0.1) is 0 Å². The minimum absolute atomic E-state index is 1.13. The Kier molecular flexibility index (Phi) is 18.2. The third-order valence-electron chi connectivity index (χ3n) is 5.66. The highest BCUT2D eigenvalue weighted by Crippen LogP contribution is 2.09. The molecular formula is C26H48N4. The Morgan fingerprint density at radius 2 is 0.800 bits per heavy atom. The maximum absolute atomic E-state index is 4.03. The van der Waals surface area contributed by atoms with Gasteiger partial charge in [-0.3, -0.25) is 0 Å². The van der Waals surface area contributed by atoms with Crippen molar-refractivity contribution < 1.29 is 0 Å². The molecule has 0 bridgehead atoms. The van der Waals surface area contributed by atoms with Crippen molar-refractivity contribution in [1.82, 2.24) is 19.1 Å². The molecule has 0 atom stereocenters. The molecule has 0 saturated heterocycles. The minimum atomic E-state index is 1.13. The third kappa shape index (κ3) is 16.2. The van der Waals surface area contributed by atoms with Gasteiger partial charge in [0.2, 0.25) is 0 Å². The summed E-state index contributed by atoms with van der Waals surface area (Å²) >= 11 is 0. The molecule has 0 radical (unpaired) electrons. The van der Waals surface area contributed by atoms with Crippen LogP contribution in [0.1, 0.15) is 117 Å². The first-order valence-corrected chi connectivity index (χ1v) is 12.8. The molecule has 0 aromatic carbocycles. The predicted octanol–water partition coefficient (Wildman–Crippen LogP) is 8.05. The Labute approximate surface area is 186 Å². The number of hydrogen-bond donors (Lipinski definition) is 0. The fourth-order valence-electron chi connectivity index (χ4n) is 3.69. The molecule has 0 aliphatic heterocycles. The molecule has 0 aliphatic rings. The van der Waals surface area contributed by atoms with E-state index in [1.54, 1.807) is 0 Å². The molecule has 0 amide bonds. The van der Waals surface area contributed by atoms with Crippen molar-refractivity contribution in [3.63, 3.8) is 0 Å². The van der Waals surface area contributed by atoms with Crippen molar-refractivity contribution in [3.05, 3.63) is 37.4 Å². The van der Waals surface area contributed by atoms with Gasteiger partial charge in [0.15, 0.2) is 0 Å². The molecule has 0 spiro atoms. The van der Waals surface area contributed by atoms with Gasteiger partial charge in [0, 0.05) is 37.9 Å². The molecule has 30 heavy (non-hydrogen) atoms. The Bertz CT molecular complexity index is 483. The van der Waals surface area contributed by atoms with Crippen LogP contribution in [0.15, 0.2) is 37.4 Å². The Morgan fingerprint density at radius 1 is 0.467 bits per heavy atom. The van der Waals surface area contributed by atoms with E-state index in [-0.39, 0.29) is 0 Å². The van der Waals surface area contributed by atoms with Crippen LogP contribution in [0.3, 0.4) is 0 Å². The van der Waals surface area contributed by atoms with Crippen LogP contribution in [0.2, 0.25) is 0 Å². The van der Waals surface area contributed by atoms with Crippen LogP contribution in [0.4, 0.5) is 0 Å². The summed E-state index contributed by atoms with van der Waals surface area (Å²) in [5.74, 6) is 0. The zero-order chi connectivity index (χ0) is 21.5. The summed E-state index contributed by atoms with van der Waals surface area (Å²) < 4.78 is 4.33. The molecule has 4 nitrogen and oxygen atoms in total. The van der Waals surface area contributed by atoms with Gasteiger partial charge in [-0.05, 0) is 12.8 Å². The van der Waals surface area contributed by atoms with Gasteiger partial charge >= 0.3 is 0 Å². The average molecular weight is 417 g/mol. The summed E-state index contributed by atoms with van der Waals surface area (Å²) in [5, 5.41) is 0. The smallest absolute Gasteiger partial charge is 0.0945 e. The fraction of sp³-hybridized carbons (Fsp3) is 0.769. The summed E-state index contributed by atoms with van der Waals surface area (Å²) in [4.78, 5) is 8.07. The van der Waals surface area contributed by atoms with Crippen LogP contribution in [0, 0.1) is 0 Å². The largest absolute Gasteiger partial charge is 0.337 e. The minimum Gasteiger partial charge on any atom is -0.337 e. The molecule has 2 rings (SSSR count). The number of imidazole rings is 2. The van der Waals surface area contributed by atoms with Crippen molar-refractivity contribution in [2.45, 2.75) is 130 Å². The number of hydrogen-bond acceptors (Lipinski definition) is 2. The monoisotopic (exact) mass is 416 g/mol.